The fourth-order valence-corrected chi connectivity index (χ4v) is 2.81. The molecule has 24 heavy (non-hydrogen) atoms. The van der Waals surface area contributed by atoms with Gasteiger partial charge < -0.3 is 19.4 Å². The third-order valence-electron chi connectivity index (χ3n) is 4.20. The topological polar surface area (TPSA) is 65.4 Å². The zero-order valence-corrected chi connectivity index (χ0v) is 14.3. The zero-order valence-electron chi connectivity index (χ0n) is 14.3. The van der Waals surface area contributed by atoms with Crippen LogP contribution in [0.5, 0.6) is 11.5 Å². The van der Waals surface area contributed by atoms with Gasteiger partial charge in [-0.3, -0.25) is 4.79 Å². The number of amides is 1. The van der Waals surface area contributed by atoms with Crippen molar-refractivity contribution in [2.24, 2.45) is 13.0 Å². The van der Waals surface area contributed by atoms with Gasteiger partial charge in [-0.25, -0.2) is 4.98 Å². The number of hydrogen-bond donors (Lipinski definition) is 1. The van der Waals surface area contributed by atoms with E-state index in [9.17, 15) is 4.79 Å². The van der Waals surface area contributed by atoms with Gasteiger partial charge in [0.25, 0.3) is 0 Å². The second-order valence-corrected chi connectivity index (χ2v) is 6.37. The minimum Gasteiger partial charge on any atom is -0.454 e. The molecule has 0 fully saturated rings. The molecular weight excluding hydrogens is 306 g/mol. The Kier molecular flexibility index (Phi) is 4.74. The van der Waals surface area contributed by atoms with E-state index in [1.165, 1.54) is 0 Å². The Labute approximate surface area is 141 Å². The highest BCUT2D eigenvalue weighted by Gasteiger charge is 2.22. The van der Waals surface area contributed by atoms with E-state index in [-0.39, 0.29) is 24.7 Å². The number of aromatic nitrogens is 2. The molecule has 1 amide bonds. The first-order chi connectivity index (χ1) is 11.5. The van der Waals surface area contributed by atoms with Gasteiger partial charge in [-0.1, -0.05) is 19.9 Å². The summed E-state index contributed by atoms with van der Waals surface area (Å²) in [6.45, 7) is 4.42. The number of fused-ring (bicyclic) bond motifs is 1. The molecule has 6 nitrogen and oxygen atoms in total. The van der Waals surface area contributed by atoms with Crippen LogP contribution in [0.15, 0.2) is 30.6 Å². The van der Waals surface area contributed by atoms with E-state index in [2.05, 4.69) is 24.1 Å². The zero-order chi connectivity index (χ0) is 17.1. The van der Waals surface area contributed by atoms with Gasteiger partial charge in [0.15, 0.2) is 11.5 Å². The molecule has 0 saturated heterocycles. The molecule has 1 unspecified atom stereocenters. The van der Waals surface area contributed by atoms with Crippen molar-refractivity contribution >= 4 is 5.91 Å². The Morgan fingerprint density at radius 1 is 1.33 bits per heavy atom. The SMILES string of the molecule is CC(C)C(NC(=O)CCc1ccc2c(c1)OCO2)c1nccn1C. The van der Waals surface area contributed by atoms with Gasteiger partial charge in [-0.15, -0.1) is 0 Å². The van der Waals surface area contributed by atoms with Crippen LogP contribution in [0.2, 0.25) is 0 Å². The third-order valence-corrected chi connectivity index (χ3v) is 4.20. The summed E-state index contributed by atoms with van der Waals surface area (Å²) in [4.78, 5) is 16.7. The molecular formula is C18H23N3O3. The predicted octanol–water partition coefficient (Wildman–Crippen LogP) is 2.59. The fourth-order valence-electron chi connectivity index (χ4n) is 2.81. The summed E-state index contributed by atoms with van der Waals surface area (Å²) in [6, 6.07) is 5.71. The number of benzene rings is 1. The van der Waals surface area contributed by atoms with E-state index in [0.717, 1.165) is 22.9 Å². The molecule has 1 aliphatic rings. The maximum Gasteiger partial charge on any atom is 0.231 e. The first-order valence-electron chi connectivity index (χ1n) is 8.19. The summed E-state index contributed by atoms with van der Waals surface area (Å²) >= 11 is 0. The van der Waals surface area contributed by atoms with E-state index in [0.29, 0.717) is 12.8 Å². The third kappa shape index (κ3) is 3.53. The lowest BCUT2D eigenvalue weighted by Gasteiger charge is -2.22. The molecule has 1 aliphatic heterocycles. The summed E-state index contributed by atoms with van der Waals surface area (Å²) in [6.07, 6.45) is 4.73. The van der Waals surface area contributed by atoms with Crippen molar-refractivity contribution < 1.29 is 14.3 Å². The maximum absolute atomic E-state index is 12.4. The Bertz CT molecular complexity index is 724. The second kappa shape index (κ2) is 6.95. The molecule has 128 valence electrons. The normalized spacial score (nSPS) is 14.0. The van der Waals surface area contributed by atoms with Crippen LogP contribution in [0.4, 0.5) is 0 Å². The Morgan fingerprint density at radius 3 is 2.83 bits per heavy atom. The number of ether oxygens (including phenoxy) is 2. The molecule has 0 radical (unpaired) electrons. The highest BCUT2D eigenvalue weighted by atomic mass is 16.7. The first kappa shape index (κ1) is 16.4. The molecule has 0 saturated carbocycles. The Hall–Kier alpha value is -2.50. The molecule has 3 rings (SSSR count). The van der Waals surface area contributed by atoms with Gasteiger partial charge in [0.2, 0.25) is 12.7 Å². The average molecular weight is 329 g/mol. The van der Waals surface area contributed by atoms with Crippen LogP contribution < -0.4 is 14.8 Å². The summed E-state index contributed by atoms with van der Waals surface area (Å²) in [5.74, 6) is 2.68. The van der Waals surface area contributed by atoms with Gasteiger partial charge in [-0.2, -0.15) is 0 Å². The Balaban J connectivity index is 1.59. The van der Waals surface area contributed by atoms with Crippen LogP contribution in [0.3, 0.4) is 0 Å². The van der Waals surface area contributed by atoms with Crippen LogP contribution in [0, 0.1) is 5.92 Å². The lowest BCUT2D eigenvalue weighted by Crippen LogP contribution is -2.33. The largest absolute Gasteiger partial charge is 0.454 e. The number of imidazole rings is 1. The molecule has 0 aliphatic carbocycles. The van der Waals surface area contributed by atoms with E-state index in [1.807, 2.05) is 36.0 Å². The highest BCUT2D eigenvalue weighted by molar-refractivity contribution is 5.76. The van der Waals surface area contributed by atoms with Gasteiger partial charge >= 0.3 is 0 Å². The monoisotopic (exact) mass is 329 g/mol. The molecule has 0 spiro atoms. The van der Waals surface area contributed by atoms with Crippen molar-refractivity contribution in [3.8, 4) is 11.5 Å². The van der Waals surface area contributed by atoms with Crippen molar-refractivity contribution in [3.63, 3.8) is 0 Å². The van der Waals surface area contributed by atoms with Gasteiger partial charge in [0.05, 0.1) is 6.04 Å². The van der Waals surface area contributed by atoms with Crippen LogP contribution in [-0.4, -0.2) is 22.3 Å². The van der Waals surface area contributed by atoms with E-state index in [4.69, 9.17) is 9.47 Å². The summed E-state index contributed by atoms with van der Waals surface area (Å²) < 4.78 is 12.6. The Morgan fingerprint density at radius 2 is 2.12 bits per heavy atom. The second-order valence-electron chi connectivity index (χ2n) is 6.37. The molecule has 2 heterocycles. The molecule has 1 aromatic heterocycles. The van der Waals surface area contributed by atoms with Crippen molar-refractivity contribution in [1.29, 1.82) is 0 Å². The minimum atomic E-state index is -0.0887. The number of nitrogens with one attached hydrogen (secondary N) is 1. The van der Waals surface area contributed by atoms with E-state index < -0.39 is 0 Å². The smallest absolute Gasteiger partial charge is 0.231 e. The predicted molar refractivity (Wildman–Crippen MR) is 89.8 cm³/mol. The highest BCUT2D eigenvalue weighted by Crippen LogP contribution is 2.32. The molecule has 1 aromatic carbocycles. The van der Waals surface area contributed by atoms with Crippen LogP contribution >= 0.6 is 0 Å². The summed E-state index contributed by atoms with van der Waals surface area (Å²) in [7, 11) is 1.94. The van der Waals surface area contributed by atoms with Crippen LogP contribution in [-0.2, 0) is 18.3 Å². The van der Waals surface area contributed by atoms with Crippen LogP contribution in [0.1, 0.15) is 37.7 Å². The first-order valence-corrected chi connectivity index (χ1v) is 8.19. The minimum absolute atomic E-state index is 0.0226. The van der Waals surface area contributed by atoms with Crippen molar-refractivity contribution in [2.75, 3.05) is 6.79 Å². The van der Waals surface area contributed by atoms with E-state index in [1.54, 1.807) is 6.20 Å². The van der Waals surface area contributed by atoms with Gasteiger partial charge in [-0.05, 0) is 30.0 Å². The standard InChI is InChI=1S/C18H23N3O3/c1-12(2)17(18-19-8-9-21(18)3)20-16(22)7-5-13-4-6-14-15(10-13)24-11-23-14/h4,6,8-10,12,17H,5,7,11H2,1-3H3,(H,20,22). The number of nitrogens with zero attached hydrogens (tertiary/aromatic N) is 2. The number of aryl methyl sites for hydroxylation is 2. The molecule has 6 heteroatoms. The molecule has 2 aromatic rings. The maximum atomic E-state index is 12.4. The van der Waals surface area contributed by atoms with Crippen molar-refractivity contribution in [2.45, 2.75) is 32.7 Å². The van der Waals surface area contributed by atoms with Crippen molar-refractivity contribution in [1.82, 2.24) is 14.9 Å². The van der Waals surface area contributed by atoms with E-state index >= 15 is 0 Å². The average Bonchev–Trinajstić information content (AvgIpc) is 3.18. The van der Waals surface area contributed by atoms with Crippen molar-refractivity contribution in [3.05, 3.63) is 42.0 Å². The number of hydrogen-bond acceptors (Lipinski definition) is 4. The molecule has 0 bridgehead atoms. The quantitative estimate of drug-likeness (QED) is 0.885. The number of rotatable bonds is 6. The summed E-state index contributed by atoms with van der Waals surface area (Å²) in [5.41, 5.74) is 1.06. The molecule has 1 N–H and O–H groups in total. The number of carbonyl (C=O) groups excluding carboxylic acids is 1. The van der Waals surface area contributed by atoms with Crippen LogP contribution in [0.25, 0.3) is 0 Å². The van der Waals surface area contributed by atoms with Gasteiger partial charge in [0.1, 0.15) is 5.82 Å². The van der Waals surface area contributed by atoms with Gasteiger partial charge in [0, 0.05) is 25.9 Å². The number of carbonyl (C=O) groups is 1. The summed E-state index contributed by atoms with van der Waals surface area (Å²) in [5, 5.41) is 3.10. The fraction of sp³-hybridized carbons (Fsp3) is 0.444. The lowest BCUT2D eigenvalue weighted by molar-refractivity contribution is -0.122. The lowest BCUT2D eigenvalue weighted by atomic mass is 10.0. The molecule has 1 atom stereocenters.